The molecular weight excluding hydrogens is 336 g/mol. The number of esters is 1. The summed E-state index contributed by atoms with van der Waals surface area (Å²) in [6.07, 6.45) is 8.83. The zero-order valence-electron chi connectivity index (χ0n) is 15.4. The minimum atomic E-state index is -1.14. The highest BCUT2D eigenvalue weighted by molar-refractivity contribution is 7.85. The van der Waals surface area contributed by atoms with E-state index in [0.29, 0.717) is 11.7 Å². The van der Waals surface area contributed by atoms with Gasteiger partial charge in [-0.05, 0) is 55.3 Å². The molecular formula is C20H30O4S. The smallest absolute Gasteiger partial charge is 0.310 e. The van der Waals surface area contributed by atoms with Crippen molar-refractivity contribution in [2.75, 3.05) is 12.9 Å². The highest BCUT2D eigenvalue weighted by Gasteiger charge is 2.65. The van der Waals surface area contributed by atoms with Crippen LogP contribution in [0.5, 0.6) is 0 Å². The van der Waals surface area contributed by atoms with Gasteiger partial charge in [0.05, 0.1) is 24.4 Å². The van der Waals surface area contributed by atoms with Crippen LogP contribution in [0.25, 0.3) is 0 Å². The van der Waals surface area contributed by atoms with Crippen molar-refractivity contribution in [1.29, 1.82) is 0 Å². The molecule has 5 heteroatoms. The Kier molecular flexibility index (Phi) is 4.19. The number of methoxy groups -OCH3 is 1. The lowest BCUT2D eigenvalue weighted by atomic mass is 9.68. The lowest BCUT2D eigenvalue weighted by Gasteiger charge is -2.46. The van der Waals surface area contributed by atoms with Crippen molar-refractivity contribution in [2.24, 2.45) is 34.5 Å². The van der Waals surface area contributed by atoms with E-state index in [1.54, 1.807) is 0 Å². The summed E-state index contributed by atoms with van der Waals surface area (Å²) in [6, 6.07) is 0. The first kappa shape index (κ1) is 17.7. The second-order valence-electron chi connectivity index (χ2n) is 9.19. The molecule has 1 unspecified atom stereocenters. The van der Waals surface area contributed by atoms with Crippen LogP contribution in [0.3, 0.4) is 0 Å². The van der Waals surface area contributed by atoms with Crippen LogP contribution >= 0.6 is 0 Å². The summed E-state index contributed by atoms with van der Waals surface area (Å²) >= 11 is 0. The van der Waals surface area contributed by atoms with E-state index < -0.39 is 10.8 Å². The van der Waals surface area contributed by atoms with Crippen molar-refractivity contribution in [1.82, 2.24) is 0 Å². The van der Waals surface area contributed by atoms with E-state index in [1.807, 2.05) is 0 Å². The number of rotatable bonds is 4. The SMILES string of the molecule is COC(=O)[C@@H]1[C@H](S(=O)C[C@]23CC[C@H](C[C@H]2O)C3(C)C)[C@@H]2C=C[C@H]1CC2. The Morgan fingerprint density at radius 3 is 2.44 bits per heavy atom. The minimum absolute atomic E-state index is 0.0202. The maximum absolute atomic E-state index is 13.5. The Labute approximate surface area is 152 Å². The lowest BCUT2D eigenvalue weighted by molar-refractivity contribution is -0.148. The van der Waals surface area contributed by atoms with Gasteiger partial charge in [-0.3, -0.25) is 9.00 Å². The van der Waals surface area contributed by atoms with Gasteiger partial charge in [-0.25, -0.2) is 0 Å². The average Bonchev–Trinajstić information content (AvgIpc) is 2.95. The highest BCUT2D eigenvalue weighted by atomic mass is 32.2. The summed E-state index contributed by atoms with van der Waals surface area (Å²) in [5.74, 6) is 0.896. The summed E-state index contributed by atoms with van der Waals surface area (Å²) in [6.45, 7) is 4.48. The molecule has 1 N–H and O–H groups in total. The molecule has 4 bridgehead atoms. The van der Waals surface area contributed by atoms with Crippen LogP contribution in [0.15, 0.2) is 12.2 Å². The second kappa shape index (κ2) is 5.91. The molecule has 8 atom stereocenters. The number of hydrogen-bond acceptors (Lipinski definition) is 4. The molecule has 0 aromatic heterocycles. The van der Waals surface area contributed by atoms with Gasteiger partial charge in [0, 0.05) is 22.0 Å². The van der Waals surface area contributed by atoms with Crippen molar-refractivity contribution >= 4 is 16.8 Å². The molecule has 0 amide bonds. The zero-order chi connectivity index (χ0) is 18.0. The third-order valence-corrected chi connectivity index (χ3v) is 10.3. The summed E-state index contributed by atoms with van der Waals surface area (Å²) in [7, 11) is 0.289. The zero-order valence-corrected chi connectivity index (χ0v) is 16.3. The first-order valence-corrected chi connectivity index (χ1v) is 11.0. The number of carbonyl (C=O) groups is 1. The average molecular weight is 367 g/mol. The van der Waals surface area contributed by atoms with Gasteiger partial charge in [-0.15, -0.1) is 0 Å². The predicted molar refractivity (Wildman–Crippen MR) is 97.2 cm³/mol. The van der Waals surface area contributed by atoms with Gasteiger partial charge in [0.1, 0.15) is 0 Å². The molecule has 3 fully saturated rings. The lowest BCUT2D eigenvalue weighted by Crippen LogP contribution is -2.51. The molecule has 0 spiro atoms. The van der Waals surface area contributed by atoms with E-state index in [4.69, 9.17) is 4.74 Å². The molecule has 0 saturated heterocycles. The fraction of sp³-hybridized carbons (Fsp3) is 0.850. The third-order valence-electron chi connectivity index (χ3n) is 8.24. The molecule has 0 aliphatic heterocycles. The Morgan fingerprint density at radius 2 is 1.92 bits per heavy atom. The van der Waals surface area contributed by atoms with Crippen molar-refractivity contribution < 1.29 is 18.8 Å². The van der Waals surface area contributed by atoms with Gasteiger partial charge in [0.25, 0.3) is 0 Å². The first-order valence-electron chi connectivity index (χ1n) is 9.63. The first-order chi connectivity index (χ1) is 11.8. The topological polar surface area (TPSA) is 63.6 Å². The third kappa shape index (κ3) is 2.34. The van der Waals surface area contributed by atoms with Gasteiger partial charge in [-0.1, -0.05) is 26.0 Å². The maximum Gasteiger partial charge on any atom is 0.310 e. The van der Waals surface area contributed by atoms with Crippen LogP contribution in [0.1, 0.15) is 46.0 Å². The van der Waals surface area contributed by atoms with Crippen LogP contribution in [-0.2, 0) is 20.3 Å². The summed E-state index contributed by atoms with van der Waals surface area (Å²) in [5, 5.41) is 10.6. The number of fused-ring (bicyclic) bond motifs is 4. The van der Waals surface area contributed by atoms with E-state index in [1.165, 1.54) is 7.11 Å². The van der Waals surface area contributed by atoms with Gasteiger partial charge in [-0.2, -0.15) is 0 Å². The van der Waals surface area contributed by atoms with Crippen LogP contribution in [-0.4, -0.2) is 39.5 Å². The molecule has 0 aromatic carbocycles. The largest absolute Gasteiger partial charge is 0.469 e. The molecule has 5 aliphatic rings. The van der Waals surface area contributed by atoms with E-state index in [9.17, 15) is 14.1 Å². The van der Waals surface area contributed by atoms with E-state index in [-0.39, 0.29) is 45.9 Å². The monoisotopic (exact) mass is 366 g/mol. The molecule has 140 valence electrons. The number of aliphatic hydroxyl groups is 1. The minimum Gasteiger partial charge on any atom is -0.469 e. The number of ether oxygens (including phenoxy) is 1. The molecule has 5 aliphatic carbocycles. The van der Waals surface area contributed by atoms with Gasteiger partial charge >= 0.3 is 5.97 Å². The van der Waals surface area contributed by atoms with E-state index in [0.717, 1.165) is 32.1 Å². The van der Waals surface area contributed by atoms with Crippen molar-refractivity contribution in [2.45, 2.75) is 57.3 Å². The second-order valence-corrected chi connectivity index (χ2v) is 10.8. The molecule has 3 saturated carbocycles. The van der Waals surface area contributed by atoms with E-state index in [2.05, 4.69) is 26.0 Å². The maximum atomic E-state index is 13.5. The summed E-state index contributed by atoms with van der Waals surface area (Å²) in [4.78, 5) is 12.4. The van der Waals surface area contributed by atoms with Crippen molar-refractivity contribution in [3.63, 3.8) is 0 Å². The fourth-order valence-corrected chi connectivity index (χ4v) is 9.14. The highest BCUT2D eigenvalue weighted by Crippen LogP contribution is 2.66. The Hall–Kier alpha value is -0.680. The van der Waals surface area contributed by atoms with Gasteiger partial charge < -0.3 is 9.84 Å². The summed E-state index contributed by atoms with van der Waals surface area (Å²) in [5.41, 5.74) is -0.240. The van der Waals surface area contributed by atoms with Crippen LogP contribution < -0.4 is 0 Å². The molecule has 0 radical (unpaired) electrons. The van der Waals surface area contributed by atoms with Gasteiger partial charge in [0.15, 0.2) is 0 Å². The number of aliphatic hydroxyl groups excluding tert-OH is 1. The van der Waals surface area contributed by atoms with E-state index >= 15 is 0 Å². The van der Waals surface area contributed by atoms with Gasteiger partial charge in [0.2, 0.25) is 0 Å². The summed E-state index contributed by atoms with van der Waals surface area (Å²) < 4.78 is 18.6. The fourth-order valence-electron chi connectivity index (χ4n) is 6.48. The van der Waals surface area contributed by atoms with Crippen molar-refractivity contribution in [3.8, 4) is 0 Å². The molecule has 25 heavy (non-hydrogen) atoms. The number of allylic oxidation sites excluding steroid dienone is 2. The predicted octanol–water partition coefficient (Wildman–Crippen LogP) is 2.68. The molecule has 0 aromatic rings. The molecule has 5 rings (SSSR count). The van der Waals surface area contributed by atoms with Crippen LogP contribution in [0.4, 0.5) is 0 Å². The Morgan fingerprint density at radius 1 is 1.24 bits per heavy atom. The standard InChI is InChI=1S/C20H30O4S/c1-19(2)14-8-9-20(19,15(21)10-14)11-25(23)17-13-6-4-12(5-7-13)16(17)18(22)24-3/h4,6,12-17,21H,5,7-11H2,1-3H3/t12-,13+,14+,15+,16-,17+,20+,25?/m0/s1. The molecule has 0 heterocycles. The Bertz CT molecular complexity index is 627. The molecule has 4 nitrogen and oxygen atoms in total. The van der Waals surface area contributed by atoms with Crippen molar-refractivity contribution in [3.05, 3.63) is 12.2 Å². The van der Waals surface area contributed by atoms with Crippen LogP contribution in [0, 0.1) is 34.5 Å². The van der Waals surface area contributed by atoms with Crippen LogP contribution in [0.2, 0.25) is 0 Å². The number of carbonyl (C=O) groups excluding carboxylic acids is 1. The quantitative estimate of drug-likeness (QED) is 0.614. The normalized spacial score (nSPS) is 47.8. The number of hydrogen-bond donors (Lipinski definition) is 1. The Balaban J connectivity index is 1.62.